The Morgan fingerprint density at radius 3 is 2.60 bits per heavy atom. The molecule has 8 heteroatoms. The van der Waals surface area contributed by atoms with Gasteiger partial charge >= 0.3 is 0 Å². The fourth-order valence-corrected chi connectivity index (χ4v) is 3.39. The highest BCUT2D eigenvalue weighted by atomic mass is 35.5. The van der Waals surface area contributed by atoms with Gasteiger partial charge in [-0.05, 0) is 24.3 Å². The van der Waals surface area contributed by atoms with Crippen molar-refractivity contribution in [3.8, 4) is 17.1 Å². The van der Waals surface area contributed by atoms with Crippen LogP contribution in [0.3, 0.4) is 0 Å². The molecule has 3 rings (SSSR count). The topological polar surface area (TPSA) is 73.8 Å². The summed E-state index contributed by atoms with van der Waals surface area (Å²) >= 11 is 7.55. The Morgan fingerprint density at radius 1 is 1.16 bits per heavy atom. The van der Waals surface area contributed by atoms with Gasteiger partial charge in [0.1, 0.15) is 5.82 Å². The summed E-state index contributed by atoms with van der Waals surface area (Å²) in [6, 6.07) is 13.5. The van der Waals surface area contributed by atoms with Gasteiger partial charge in [-0.3, -0.25) is 9.36 Å². The number of amides is 1. The molecular weight excluding hydrogens is 363 g/mol. The molecule has 0 spiro atoms. The van der Waals surface area contributed by atoms with Crippen molar-refractivity contribution >= 4 is 29.3 Å². The van der Waals surface area contributed by atoms with E-state index >= 15 is 0 Å². The van der Waals surface area contributed by atoms with Gasteiger partial charge in [-0.2, -0.15) is 0 Å². The average Bonchev–Trinajstić information content (AvgIpc) is 2.99. The van der Waals surface area contributed by atoms with E-state index in [0.717, 1.165) is 0 Å². The molecule has 2 N–H and O–H groups in total. The number of benzene rings is 2. The molecule has 0 unspecified atom stereocenters. The van der Waals surface area contributed by atoms with Crippen LogP contribution >= 0.6 is 23.4 Å². The van der Waals surface area contributed by atoms with Crippen molar-refractivity contribution in [1.82, 2.24) is 14.8 Å². The minimum absolute atomic E-state index is 0.191. The van der Waals surface area contributed by atoms with E-state index in [2.05, 4.69) is 10.2 Å². The maximum absolute atomic E-state index is 14.4. The number of hydrogen-bond acceptors (Lipinski definition) is 4. The summed E-state index contributed by atoms with van der Waals surface area (Å²) in [5, 5.41) is 9.28. The Kier molecular flexibility index (Phi) is 5.35. The first-order valence-corrected chi connectivity index (χ1v) is 8.80. The van der Waals surface area contributed by atoms with Crippen molar-refractivity contribution < 1.29 is 9.18 Å². The van der Waals surface area contributed by atoms with Crippen LogP contribution in [0.25, 0.3) is 17.1 Å². The Balaban J connectivity index is 2.10. The number of para-hydroxylation sites is 1. The Morgan fingerprint density at radius 2 is 1.88 bits per heavy atom. The first kappa shape index (κ1) is 17.4. The summed E-state index contributed by atoms with van der Waals surface area (Å²) < 4.78 is 16.0. The molecule has 0 radical (unpaired) electrons. The van der Waals surface area contributed by atoms with Gasteiger partial charge in [-0.15, -0.1) is 10.2 Å². The number of rotatable bonds is 6. The average molecular weight is 377 g/mol. The second-order valence-corrected chi connectivity index (χ2v) is 6.61. The van der Waals surface area contributed by atoms with Gasteiger partial charge in [0.25, 0.3) is 0 Å². The second kappa shape index (κ2) is 7.67. The molecule has 0 atom stereocenters. The molecule has 2 aromatic carbocycles. The number of carbonyl (C=O) groups is 1. The molecule has 25 heavy (non-hydrogen) atoms. The lowest BCUT2D eigenvalue weighted by atomic mass is 10.2. The van der Waals surface area contributed by atoms with Gasteiger partial charge < -0.3 is 5.73 Å². The van der Waals surface area contributed by atoms with Crippen LogP contribution in [-0.4, -0.2) is 26.4 Å². The summed E-state index contributed by atoms with van der Waals surface area (Å²) in [5.41, 5.74) is 6.12. The van der Waals surface area contributed by atoms with Crippen LogP contribution in [0.4, 0.5) is 4.39 Å². The van der Waals surface area contributed by atoms with Crippen LogP contribution in [-0.2, 0) is 4.79 Å². The lowest BCUT2D eigenvalue weighted by molar-refractivity contribution is -0.117. The van der Waals surface area contributed by atoms with E-state index in [1.807, 2.05) is 6.07 Å². The molecule has 1 heterocycles. The normalized spacial score (nSPS) is 10.8. The number of carbonyl (C=O) groups excluding carboxylic acids is 1. The minimum atomic E-state index is -0.410. The number of nitrogens with two attached hydrogens (primary N) is 1. The molecule has 0 fully saturated rings. The van der Waals surface area contributed by atoms with Gasteiger partial charge in [-0.25, -0.2) is 4.39 Å². The third-order valence-electron chi connectivity index (χ3n) is 3.42. The number of halogens is 2. The molecule has 1 amide bonds. The quantitative estimate of drug-likeness (QED) is 0.666. The van der Waals surface area contributed by atoms with Crippen molar-refractivity contribution in [2.24, 2.45) is 5.73 Å². The minimum Gasteiger partial charge on any atom is -0.370 e. The van der Waals surface area contributed by atoms with Crippen LogP contribution in [0.1, 0.15) is 6.42 Å². The van der Waals surface area contributed by atoms with Gasteiger partial charge in [0.05, 0.1) is 10.7 Å². The molecule has 0 saturated heterocycles. The fraction of sp³-hybridized carbons (Fsp3) is 0.118. The van der Waals surface area contributed by atoms with Crippen LogP contribution in [0.15, 0.2) is 53.7 Å². The molecule has 1 aromatic heterocycles. The zero-order valence-corrected chi connectivity index (χ0v) is 14.6. The van der Waals surface area contributed by atoms with Gasteiger partial charge in [0, 0.05) is 17.7 Å². The predicted octanol–water partition coefficient (Wildman–Crippen LogP) is 3.69. The van der Waals surface area contributed by atoms with Gasteiger partial charge in [0.2, 0.25) is 5.91 Å². The highest BCUT2D eigenvalue weighted by Gasteiger charge is 2.20. The number of hydrogen-bond donors (Lipinski definition) is 1. The highest BCUT2D eigenvalue weighted by Crippen LogP contribution is 2.32. The summed E-state index contributed by atoms with van der Waals surface area (Å²) in [7, 11) is 0. The summed E-state index contributed by atoms with van der Waals surface area (Å²) in [6.07, 6.45) is 0.191. The summed E-state index contributed by atoms with van der Waals surface area (Å²) in [6.45, 7) is 0. The van der Waals surface area contributed by atoms with E-state index in [4.69, 9.17) is 17.3 Å². The molecule has 0 aliphatic heterocycles. The molecule has 3 aromatic rings. The predicted molar refractivity (Wildman–Crippen MR) is 96.3 cm³/mol. The third-order valence-corrected chi connectivity index (χ3v) is 4.68. The molecule has 0 saturated carbocycles. The molecule has 0 bridgehead atoms. The van der Waals surface area contributed by atoms with E-state index < -0.39 is 11.7 Å². The summed E-state index contributed by atoms with van der Waals surface area (Å²) in [4.78, 5) is 11.0. The van der Waals surface area contributed by atoms with Crippen LogP contribution in [0.2, 0.25) is 5.02 Å². The standard InChI is InChI=1S/C17H14ClFN4OS/c18-12-6-2-1-5-11(12)16-21-22-17(25-10-9-15(20)24)23(16)14-8-4-3-7-13(14)19/h1-8H,9-10H2,(H2,20,24). The Labute approximate surface area is 153 Å². The van der Waals surface area contributed by atoms with E-state index in [1.165, 1.54) is 17.8 Å². The van der Waals surface area contributed by atoms with Crippen molar-refractivity contribution in [2.75, 3.05) is 5.75 Å². The zero-order valence-electron chi connectivity index (χ0n) is 13.0. The highest BCUT2D eigenvalue weighted by molar-refractivity contribution is 7.99. The molecule has 0 aliphatic carbocycles. The maximum Gasteiger partial charge on any atom is 0.218 e. The second-order valence-electron chi connectivity index (χ2n) is 5.14. The summed E-state index contributed by atoms with van der Waals surface area (Å²) in [5.74, 6) is 0.0326. The number of thioether (sulfide) groups is 1. The van der Waals surface area contributed by atoms with E-state index in [0.29, 0.717) is 33.0 Å². The molecule has 0 aliphatic rings. The van der Waals surface area contributed by atoms with Gasteiger partial charge in [-0.1, -0.05) is 47.6 Å². The van der Waals surface area contributed by atoms with E-state index in [1.54, 1.807) is 41.0 Å². The van der Waals surface area contributed by atoms with E-state index in [9.17, 15) is 9.18 Å². The number of nitrogens with zero attached hydrogens (tertiary/aromatic N) is 3. The first-order valence-electron chi connectivity index (χ1n) is 7.44. The zero-order chi connectivity index (χ0) is 17.8. The number of primary amides is 1. The van der Waals surface area contributed by atoms with Crippen LogP contribution < -0.4 is 5.73 Å². The monoisotopic (exact) mass is 376 g/mol. The van der Waals surface area contributed by atoms with Crippen molar-refractivity contribution in [3.63, 3.8) is 0 Å². The Hall–Kier alpha value is -2.38. The molecule has 5 nitrogen and oxygen atoms in total. The maximum atomic E-state index is 14.4. The fourth-order valence-electron chi connectivity index (χ4n) is 2.27. The van der Waals surface area contributed by atoms with Crippen molar-refractivity contribution in [1.29, 1.82) is 0 Å². The lowest BCUT2D eigenvalue weighted by Crippen LogP contribution is -2.11. The SMILES string of the molecule is NC(=O)CCSc1nnc(-c2ccccc2Cl)n1-c1ccccc1F. The van der Waals surface area contributed by atoms with Crippen molar-refractivity contribution in [3.05, 3.63) is 59.4 Å². The van der Waals surface area contributed by atoms with Gasteiger partial charge in [0.15, 0.2) is 11.0 Å². The van der Waals surface area contributed by atoms with Crippen LogP contribution in [0.5, 0.6) is 0 Å². The number of aromatic nitrogens is 3. The third kappa shape index (κ3) is 3.83. The molecule has 128 valence electrons. The lowest BCUT2D eigenvalue weighted by Gasteiger charge is -2.11. The largest absolute Gasteiger partial charge is 0.370 e. The van der Waals surface area contributed by atoms with Crippen molar-refractivity contribution in [2.45, 2.75) is 11.6 Å². The smallest absolute Gasteiger partial charge is 0.218 e. The van der Waals surface area contributed by atoms with E-state index in [-0.39, 0.29) is 6.42 Å². The first-order chi connectivity index (χ1) is 12.1. The molecular formula is C17H14ClFN4OS. The van der Waals surface area contributed by atoms with Crippen LogP contribution in [0, 0.1) is 5.82 Å². The Bertz CT molecular complexity index is 915.